The molecule has 0 saturated carbocycles. The Labute approximate surface area is 130 Å². The Morgan fingerprint density at radius 2 is 1.82 bits per heavy atom. The van der Waals surface area contributed by atoms with Crippen molar-refractivity contribution in [2.24, 2.45) is 0 Å². The molecule has 1 fully saturated rings. The fraction of sp³-hybridized carbons (Fsp3) is 0.353. The molecule has 3 rings (SSSR count). The van der Waals surface area contributed by atoms with Crippen LogP contribution in [0.5, 0.6) is 0 Å². The van der Waals surface area contributed by atoms with Gasteiger partial charge >= 0.3 is 0 Å². The maximum absolute atomic E-state index is 8.84. The van der Waals surface area contributed by atoms with E-state index in [1.54, 1.807) is 12.1 Å². The van der Waals surface area contributed by atoms with E-state index < -0.39 is 0 Å². The largest absolute Gasteiger partial charge is 0.341 e. The lowest BCUT2D eigenvalue weighted by Gasteiger charge is -2.27. The van der Waals surface area contributed by atoms with Crippen molar-refractivity contribution < 1.29 is 0 Å². The number of nitrogens with zero attached hydrogens (tertiary/aromatic N) is 4. The Kier molecular flexibility index (Phi) is 4.19. The van der Waals surface area contributed by atoms with Gasteiger partial charge in [0.05, 0.1) is 11.6 Å². The maximum Gasteiger partial charge on any atom is 0.227 e. The van der Waals surface area contributed by atoms with Crippen molar-refractivity contribution in [1.82, 2.24) is 9.97 Å². The van der Waals surface area contributed by atoms with Gasteiger partial charge in [-0.05, 0) is 50.5 Å². The normalized spacial score (nSPS) is 14.5. The zero-order chi connectivity index (χ0) is 15.4. The summed E-state index contributed by atoms with van der Waals surface area (Å²) in [6.07, 6.45) is 3.70. The van der Waals surface area contributed by atoms with Crippen LogP contribution in [-0.2, 0) is 0 Å². The highest BCUT2D eigenvalue weighted by molar-refractivity contribution is 5.58. The molecule has 5 nitrogen and oxygen atoms in total. The molecule has 112 valence electrons. The van der Waals surface area contributed by atoms with E-state index in [0.717, 1.165) is 36.2 Å². The van der Waals surface area contributed by atoms with Crippen LogP contribution in [0.2, 0.25) is 0 Å². The number of hydrogen-bond donors (Lipinski definition) is 1. The van der Waals surface area contributed by atoms with Crippen molar-refractivity contribution in [2.75, 3.05) is 23.3 Å². The van der Waals surface area contributed by atoms with Gasteiger partial charge in [0, 0.05) is 30.5 Å². The minimum atomic E-state index is 0.651. The van der Waals surface area contributed by atoms with Gasteiger partial charge in [-0.15, -0.1) is 0 Å². The molecular formula is C17H19N5. The first-order chi connectivity index (χ1) is 10.7. The molecule has 1 aromatic heterocycles. The summed E-state index contributed by atoms with van der Waals surface area (Å²) in [6.45, 7) is 4.04. The second-order valence-corrected chi connectivity index (χ2v) is 5.56. The van der Waals surface area contributed by atoms with Crippen LogP contribution in [0.3, 0.4) is 0 Å². The zero-order valence-corrected chi connectivity index (χ0v) is 12.7. The molecule has 2 aromatic rings. The number of benzene rings is 1. The monoisotopic (exact) mass is 293 g/mol. The average Bonchev–Trinajstić information content (AvgIpc) is 2.56. The van der Waals surface area contributed by atoms with Gasteiger partial charge in [0.2, 0.25) is 5.95 Å². The summed E-state index contributed by atoms with van der Waals surface area (Å²) in [5.74, 6) is 1.59. The standard InChI is InChI=1S/C17H19N5/c1-13-11-16(20-15-7-5-14(12-18)6-8-15)21-17(19-13)22-9-3-2-4-10-22/h5-8,11H,2-4,9-10H2,1H3,(H,19,20,21). The third kappa shape index (κ3) is 3.34. The van der Waals surface area contributed by atoms with E-state index in [2.05, 4.69) is 26.3 Å². The molecule has 0 aliphatic carbocycles. The number of aryl methyl sites for hydroxylation is 1. The van der Waals surface area contributed by atoms with Crippen molar-refractivity contribution in [3.8, 4) is 6.07 Å². The number of nitriles is 1. The molecular weight excluding hydrogens is 274 g/mol. The smallest absolute Gasteiger partial charge is 0.227 e. The van der Waals surface area contributed by atoms with E-state index in [0.29, 0.717) is 5.56 Å². The van der Waals surface area contributed by atoms with E-state index in [4.69, 9.17) is 5.26 Å². The Morgan fingerprint density at radius 3 is 2.50 bits per heavy atom. The van der Waals surface area contributed by atoms with Crippen LogP contribution in [0.4, 0.5) is 17.5 Å². The first-order valence-corrected chi connectivity index (χ1v) is 7.62. The fourth-order valence-corrected chi connectivity index (χ4v) is 2.63. The lowest BCUT2D eigenvalue weighted by Crippen LogP contribution is -2.31. The molecule has 0 atom stereocenters. The van der Waals surface area contributed by atoms with Gasteiger partial charge in [-0.3, -0.25) is 0 Å². The van der Waals surface area contributed by atoms with Gasteiger partial charge in [-0.1, -0.05) is 0 Å². The van der Waals surface area contributed by atoms with Gasteiger partial charge in [0.25, 0.3) is 0 Å². The molecule has 22 heavy (non-hydrogen) atoms. The fourth-order valence-electron chi connectivity index (χ4n) is 2.63. The van der Waals surface area contributed by atoms with Crippen molar-refractivity contribution in [1.29, 1.82) is 5.26 Å². The highest BCUT2D eigenvalue weighted by atomic mass is 15.3. The highest BCUT2D eigenvalue weighted by Gasteiger charge is 2.14. The van der Waals surface area contributed by atoms with E-state index in [1.165, 1.54) is 19.3 Å². The predicted octanol–water partition coefficient (Wildman–Crippen LogP) is 3.39. The number of rotatable bonds is 3. The molecule has 0 bridgehead atoms. The van der Waals surface area contributed by atoms with E-state index in [1.807, 2.05) is 25.1 Å². The summed E-state index contributed by atoms with van der Waals surface area (Å²) in [5.41, 5.74) is 2.52. The minimum Gasteiger partial charge on any atom is -0.341 e. The third-order valence-electron chi connectivity index (χ3n) is 3.77. The summed E-state index contributed by atoms with van der Waals surface area (Å²) in [4.78, 5) is 11.4. The van der Waals surface area contributed by atoms with Crippen LogP contribution in [0.15, 0.2) is 30.3 Å². The summed E-state index contributed by atoms with van der Waals surface area (Å²) in [6, 6.07) is 11.4. The second-order valence-electron chi connectivity index (χ2n) is 5.56. The van der Waals surface area contributed by atoms with Gasteiger partial charge in [-0.25, -0.2) is 4.98 Å². The molecule has 1 aliphatic rings. The summed E-state index contributed by atoms with van der Waals surface area (Å²) < 4.78 is 0. The quantitative estimate of drug-likeness (QED) is 0.939. The minimum absolute atomic E-state index is 0.651. The van der Waals surface area contributed by atoms with Gasteiger partial charge in [0.15, 0.2) is 0 Å². The second kappa shape index (κ2) is 6.44. The highest BCUT2D eigenvalue weighted by Crippen LogP contribution is 2.21. The van der Waals surface area contributed by atoms with Gasteiger partial charge in [-0.2, -0.15) is 10.2 Å². The zero-order valence-electron chi connectivity index (χ0n) is 12.7. The predicted molar refractivity (Wildman–Crippen MR) is 87.3 cm³/mol. The van der Waals surface area contributed by atoms with Crippen molar-refractivity contribution in [2.45, 2.75) is 26.2 Å². The molecule has 1 aliphatic heterocycles. The van der Waals surface area contributed by atoms with E-state index >= 15 is 0 Å². The van der Waals surface area contributed by atoms with Gasteiger partial charge < -0.3 is 10.2 Å². The Hall–Kier alpha value is -2.61. The summed E-state index contributed by atoms with van der Waals surface area (Å²) in [7, 11) is 0. The van der Waals surface area contributed by atoms with Crippen LogP contribution >= 0.6 is 0 Å². The lowest BCUT2D eigenvalue weighted by atomic mass is 10.1. The van der Waals surface area contributed by atoms with Crippen LogP contribution in [0.25, 0.3) is 0 Å². The Morgan fingerprint density at radius 1 is 1.09 bits per heavy atom. The molecule has 0 unspecified atom stereocenters. The molecule has 5 heteroatoms. The molecule has 1 saturated heterocycles. The lowest BCUT2D eigenvalue weighted by molar-refractivity contribution is 0.568. The third-order valence-corrected chi connectivity index (χ3v) is 3.77. The molecule has 2 heterocycles. The molecule has 1 N–H and O–H groups in total. The van der Waals surface area contributed by atoms with Crippen LogP contribution in [0, 0.1) is 18.3 Å². The first-order valence-electron chi connectivity index (χ1n) is 7.62. The number of hydrogen-bond acceptors (Lipinski definition) is 5. The van der Waals surface area contributed by atoms with Crippen molar-refractivity contribution in [3.63, 3.8) is 0 Å². The molecule has 1 aromatic carbocycles. The van der Waals surface area contributed by atoms with Gasteiger partial charge in [0.1, 0.15) is 5.82 Å². The topological polar surface area (TPSA) is 64.8 Å². The van der Waals surface area contributed by atoms with E-state index in [9.17, 15) is 0 Å². The first kappa shape index (κ1) is 14.3. The molecule has 0 spiro atoms. The number of anilines is 3. The van der Waals surface area contributed by atoms with Crippen LogP contribution in [0.1, 0.15) is 30.5 Å². The van der Waals surface area contributed by atoms with Crippen LogP contribution in [-0.4, -0.2) is 23.1 Å². The van der Waals surface area contributed by atoms with Crippen molar-refractivity contribution in [3.05, 3.63) is 41.6 Å². The van der Waals surface area contributed by atoms with Crippen molar-refractivity contribution >= 4 is 17.5 Å². The van der Waals surface area contributed by atoms with Crippen LogP contribution < -0.4 is 10.2 Å². The number of nitrogens with one attached hydrogen (secondary N) is 1. The number of piperidine rings is 1. The summed E-state index contributed by atoms with van der Waals surface area (Å²) >= 11 is 0. The number of aromatic nitrogens is 2. The molecule has 0 radical (unpaired) electrons. The average molecular weight is 293 g/mol. The Bertz CT molecular complexity index is 681. The maximum atomic E-state index is 8.84. The SMILES string of the molecule is Cc1cc(Nc2ccc(C#N)cc2)nc(N2CCCCC2)n1. The molecule has 0 amide bonds. The summed E-state index contributed by atoms with van der Waals surface area (Å²) in [5, 5.41) is 12.1. The Balaban J connectivity index is 1.80. The van der Waals surface area contributed by atoms with E-state index in [-0.39, 0.29) is 0 Å².